The smallest absolute Gasteiger partial charge is 0.0383 e. The molecule has 5 atom stereocenters. The van der Waals surface area contributed by atoms with Gasteiger partial charge in [-0.1, -0.05) is 114 Å². The van der Waals surface area contributed by atoms with Crippen LogP contribution < -0.4 is 0 Å². The Kier molecular flexibility index (Phi) is 20.2. The zero-order valence-corrected chi connectivity index (χ0v) is 25.2. The van der Waals surface area contributed by atoms with E-state index in [2.05, 4.69) is 41.5 Å². The molecule has 2 fully saturated rings. The second kappa shape index (κ2) is 20.2. The number of unbranched alkanes of at least 4 members (excludes halogenated alkanes) is 4. The summed E-state index contributed by atoms with van der Waals surface area (Å²) in [6.45, 7) is 22.7. The Balaban J connectivity index is 0.00000242. The second-order valence-electron chi connectivity index (χ2n) is 11.8. The van der Waals surface area contributed by atoms with Crippen LogP contribution in [-0.4, -0.2) is 0 Å². The zero-order valence-electron chi connectivity index (χ0n) is 25.2. The van der Waals surface area contributed by atoms with Crippen molar-refractivity contribution in [3.05, 3.63) is 0 Å². The van der Waals surface area contributed by atoms with E-state index in [-0.39, 0.29) is 0 Å². The van der Waals surface area contributed by atoms with E-state index in [9.17, 15) is 0 Å². The van der Waals surface area contributed by atoms with E-state index in [4.69, 9.17) is 0 Å². The Labute approximate surface area is 212 Å². The van der Waals surface area contributed by atoms with E-state index < -0.39 is 0 Å². The number of hydrogen-bond donors (Lipinski definition) is 0. The van der Waals surface area contributed by atoms with Gasteiger partial charge in [-0.2, -0.15) is 0 Å². The number of hydrogen-bond acceptors (Lipinski definition) is 0. The van der Waals surface area contributed by atoms with Crippen molar-refractivity contribution in [2.75, 3.05) is 0 Å². The van der Waals surface area contributed by atoms with Crippen LogP contribution in [0.3, 0.4) is 0 Å². The van der Waals surface area contributed by atoms with Crippen LogP contribution in [0.2, 0.25) is 0 Å². The summed E-state index contributed by atoms with van der Waals surface area (Å²) in [5.41, 5.74) is 0. The number of rotatable bonds is 13. The zero-order chi connectivity index (χ0) is 25.2. The third-order valence-corrected chi connectivity index (χ3v) is 9.51. The molecular weight excluding hydrogens is 396 g/mol. The van der Waals surface area contributed by atoms with Crippen LogP contribution in [0, 0.1) is 47.3 Å². The van der Waals surface area contributed by atoms with Gasteiger partial charge >= 0.3 is 0 Å². The molecule has 0 aliphatic heterocycles. The summed E-state index contributed by atoms with van der Waals surface area (Å²) < 4.78 is 0. The van der Waals surface area contributed by atoms with E-state index >= 15 is 0 Å². The molecule has 2 aliphatic carbocycles. The Bertz CT molecular complexity index is 402. The SMILES string of the molecule is CC.CC.CCCCCCCC(C)C1CCC(C2CCC(C(C)CC(CC)C(C)C)C2)CC1. The van der Waals surface area contributed by atoms with E-state index in [0.717, 1.165) is 47.3 Å². The minimum Gasteiger partial charge on any atom is -0.0683 e. The summed E-state index contributed by atoms with van der Waals surface area (Å²) in [7, 11) is 0. The van der Waals surface area contributed by atoms with Crippen molar-refractivity contribution in [2.24, 2.45) is 47.3 Å². The maximum atomic E-state index is 2.58. The lowest BCUT2D eigenvalue weighted by atomic mass is 9.70. The fourth-order valence-electron chi connectivity index (χ4n) is 7.07. The second-order valence-corrected chi connectivity index (χ2v) is 11.8. The highest BCUT2D eigenvalue weighted by Gasteiger charge is 2.36. The van der Waals surface area contributed by atoms with Gasteiger partial charge in [-0.3, -0.25) is 0 Å². The predicted molar refractivity (Wildman–Crippen MR) is 154 cm³/mol. The summed E-state index contributed by atoms with van der Waals surface area (Å²) >= 11 is 0. The fourth-order valence-corrected chi connectivity index (χ4v) is 7.07. The van der Waals surface area contributed by atoms with Gasteiger partial charge < -0.3 is 0 Å². The summed E-state index contributed by atoms with van der Waals surface area (Å²) in [5.74, 6) is 7.98. The highest BCUT2D eigenvalue weighted by Crippen LogP contribution is 2.47. The summed E-state index contributed by atoms with van der Waals surface area (Å²) in [4.78, 5) is 0. The van der Waals surface area contributed by atoms with Crippen LogP contribution in [0.5, 0.6) is 0 Å². The standard InChI is InChI=1S/C29H56.2C2H6/c1-7-9-10-11-12-13-23(5)26-14-16-27(17-15-26)29-19-18-28(21-29)24(6)20-25(8-2)22(3)4;2*1-2/h22-29H,7-21H2,1-6H3;2*1-2H3. The quantitative estimate of drug-likeness (QED) is 0.238. The van der Waals surface area contributed by atoms with Crippen molar-refractivity contribution < 1.29 is 0 Å². The van der Waals surface area contributed by atoms with Crippen molar-refractivity contribution in [3.8, 4) is 0 Å². The van der Waals surface area contributed by atoms with Gasteiger partial charge in [0.1, 0.15) is 0 Å². The average molecular weight is 465 g/mol. The molecule has 200 valence electrons. The molecule has 0 bridgehead atoms. The first-order valence-electron chi connectivity index (χ1n) is 16.0. The molecule has 0 aromatic rings. The average Bonchev–Trinajstić information content (AvgIpc) is 3.35. The lowest BCUT2D eigenvalue weighted by molar-refractivity contribution is 0.158. The highest BCUT2D eigenvalue weighted by atomic mass is 14.4. The molecule has 0 aromatic carbocycles. The minimum absolute atomic E-state index is 0.864. The van der Waals surface area contributed by atoms with Gasteiger partial charge in [0.15, 0.2) is 0 Å². The molecule has 0 N–H and O–H groups in total. The van der Waals surface area contributed by atoms with E-state index in [1.165, 1.54) is 57.8 Å². The lowest BCUT2D eigenvalue weighted by Crippen LogP contribution is -2.24. The molecule has 0 nitrogen and oxygen atoms in total. The van der Waals surface area contributed by atoms with Gasteiger partial charge in [0, 0.05) is 0 Å². The first kappa shape index (κ1) is 33.0. The Morgan fingerprint density at radius 2 is 1.15 bits per heavy atom. The summed E-state index contributed by atoms with van der Waals surface area (Å²) in [5, 5.41) is 0. The van der Waals surface area contributed by atoms with Crippen molar-refractivity contribution >= 4 is 0 Å². The molecular formula is C33H68. The topological polar surface area (TPSA) is 0 Å². The van der Waals surface area contributed by atoms with Crippen LogP contribution in [0.25, 0.3) is 0 Å². The third kappa shape index (κ3) is 12.5. The Morgan fingerprint density at radius 3 is 1.70 bits per heavy atom. The van der Waals surface area contributed by atoms with Crippen molar-refractivity contribution in [2.45, 2.75) is 166 Å². The monoisotopic (exact) mass is 465 g/mol. The Morgan fingerprint density at radius 1 is 0.606 bits per heavy atom. The lowest BCUT2D eigenvalue weighted by Gasteiger charge is -2.35. The molecule has 0 saturated heterocycles. The summed E-state index contributed by atoms with van der Waals surface area (Å²) in [6, 6.07) is 0. The first-order valence-corrected chi connectivity index (χ1v) is 16.0. The molecule has 2 saturated carbocycles. The van der Waals surface area contributed by atoms with Gasteiger partial charge in [0.2, 0.25) is 0 Å². The van der Waals surface area contributed by atoms with Gasteiger partial charge in [0.05, 0.1) is 0 Å². The first-order chi connectivity index (χ1) is 16.0. The van der Waals surface area contributed by atoms with Crippen LogP contribution in [0.1, 0.15) is 166 Å². The van der Waals surface area contributed by atoms with Crippen molar-refractivity contribution in [1.82, 2.24) is 0 Å². The van der Waals surface area contributed by atoms with E-state index in [1.807, 2.05) is 27.7 Å². The third-order valence-electron chi connectivity index (χ3n) is 9.51. The molecule has 0 heterocycles. The van der Waals surface area contributed by atoms with Crippen LogP contribution >= 0.6 is 0 Å². The van der Waals surface area contributed by atoms with E-state index in [0.29, 0.717) is 0 Å². The van der Waals surface area contributed by atoms with Crippen molar-refractivity contribution in [1.29, 1.82) is 0 Å². The van der Waals surface area contributed by atoms with Gasteiger partial charge in [-0.15, -0.1) is 0 Å². The van der Waals surface area contributed by atoms with Crippen molar-refractivity contribution in [3.63, 3.8) is 0 Å². The predicted octanol–water partition coefficient (Wildman–Crippen LogP) is 12.0. The molecule has 0 radical (unpaired) electrons. The summed E-state index contributed by atoms with van der Waals surface area (Å²) in [6.07, 6.45) is 22.4. The molecule has 2 rings (SSSR count). The molecule has 0 amide bonds. The van der Waals surface area contributed by atoms with Crippen LogP contribution in [0.15, 0.2) is 0 Å². The molecule has 5 unspecified atom stereocenters. The normalized spacial score (nSPS) is 27.7. The molecule has 0 heteroatoms. The van der Waals surface area contributed by atoms with Crippen LogP contribution in [0.4, 0.5) is 0 Å². The van der Waals surface area contributed by atoms with Gasteiger partial charge in [-0.25, -0.2) is 0 Å². The molecule has 2 aliphatic rings. The molecule has 0 aromatic heterocycles. The van der Waals surface area contributed by atoms with Crippen LogP contribution in [-0.2, 0) is 0 Å². The van der Waals surface area contributed by atoms with E-state index in [1.54, 1.807) is 38.5 Å². The van der Waals surface area contributed by atoms with Gasteiger partial charge in [0.25, 0.3) is 0 Å². The maximum Gasteiger partial charge on any atom is -0.0383 e. The molecule has 0 spiro atoms. The minimum atomic E-state index is 0.864. The largest absolute Gasteiger partial charge is 0.0683 e. The molecule has 33 heavy (non-hydrogen) atoms. The maximum absolute atomic E-state index is 2.58. The highest BCUT2D eigenvalue weighted by molar-refractivity contribution is 4.87. The fraction of sp³-hybridized carbons (Fsp3) is 1.00. The van der Waals surface area contributed by atoms with Gasteiger partial charge in [-0.05, 0) is 98.7 Å². The Hall–Kier alpha value is 0.